The first kappa shape index (κ1) is 11.3. The van der Waals surface area contributed by atoms with Gasteiger partial charge in [-0.2, -0.15) is 0 Å². The Morgan fingerprint density at radius 3 is 2.89 bits per heavy atom. The van der Waals surface area contributed by atoms with Crippen LogP contribution in [0.5, 0.6) is 5.75 Å². The summed E-state index contributed by atoms with van der Waals surface area (Å²) in [6.07, 6.45) is 2.86. The minimum absolute atomic E-state index is 0.193. The summed E-state index contributed by atoms with van der Waals surface area (Å²) in [6.45, 7) is 3.99. The fourth-order valence-electron chi connectivity index (χ4n) is 2.33. The van der Waals surface area contributed by atoms with Crippen molar-refractivity contribution in [2.75, 3.05) is 7.11 Å². The lowest BCUT2D eigenvalue weighted by Crippen LogP contribution is -2.24. The number of benzene rings is 1. The highest BCUT2D eigenvalue weighted by Gasteiger charge is 2.32. The highest BCUT2D eigenvalue weighted by Crippen LogP contribution is 2.42. The zero-order valence-corrected chi connectivity index (χ0v) is 10.1. The van der Waals surface area contributed by atoms with E-state index >= 15 is 0 Å². The third kappa shape index (κ3) is 1.52. The van der Waals surface area contributed by atoms with Crippen LogP contribution in [0.1, 0.15) is 11.7 Å². The van der Waals surface area contributed by atoms with Crippen LogP contribution in [0, 0.1) is 0 Å². The van der Waals surface area contributed by atoms with E-state index in [4.69, 9.17) is 9.47 Å². The van der Waals surface area contributed by atoms with Gasteiger partial charge in [0, 0.05) is 23.8 Å². The molecule has 3 rings (SSSR count). The predicted molar refractivity (Wildman–Crippen MR) is 68.1 cm³/mol. The van der Waals surface area contributed by atoms with Crippen LogP contribution >= 0.6 is 0 Å². The Bertz CT molecular complexity index is 569. The molecule has 2 atom stereocenters. The van der Waals surface area contributed by atoms with Gasteiger partial charge in [0.2, 0.25) is 0 Å². The van der Waals surface area contributed by atoms with Crippen LogP contribution in [-0.2, 0) is 4.74 Å². The first-order valence-corrected chi connectivity index (χ1v) is 5.81. The van der Waals surface area contributed by atoms with Crippen molar-refractivity contribution in [3.05, 3.63) is 65.5 Å². The number of hydrogen-bond acceptors (Lipinski definition) is 3. The van der Waals surface area contributed by atoms with Crippen molar-refractivity contribution in [2.24, 2.45) is 0 Å². The van der Waals surface area contributed by atoms with Crippen molar-refractivity contribution < 1.29 is 14.6 Å². The molecule has 1 aliphatic carbocycles. The van der Waals surface area contributed by atoms with Crippen molar-refractivity contribution >= 4 is 0 Å². The van der Waals surface area contributed by atoms with E-state index in [9.17, 15) is 5.11 Å². The molecular formula is C15H14O3. The summed E-state index contributed by atoms with van der Waals surface area (Å²) in [6, 6.07) is 7.47. The lowest BCUT2D eigenvalue weighted by molar-refractivity contribution is 0.155. The third-order valence-electron chi connectivity index (χ3n) is 3.32. The molecule has 0 saturated carbocycles. The molecule has 1 aromatic rings. The number of fused-ring (bicyclic) bond motifs is 1. The van der Waals surface area contributed by atoms with Gasteiger partial charge in [-0.15, -0.1) is 0 Å². The standard InChI is InChI=1S/C15H14O3/c1-9-12(17-2)8-7-11-14(16)10-5-3-4-6-13(10)18-15(9)11/h3-8,12,14,16H,1H2,2H3. The maximum Gasteiger partial charge on any atom is 0.139 e. The third-order valence-corrected chi connectivity index (χ3v) is 3.32. The molecule has 1 N–H and O–H groups in total. The number of aliphatic hydroxyl groups excluding tert-OH is 1. The summed E-state index contributed by atoms with van der Waals surface area (Å²) in [7, 11) is 1.62. The van der Waals surface area contributed by atoms with Gasteiger partial charge in [-0.05, 0) is 6.07 Å². The molecule has 0 spiro atoms. The molecule has 18 heavy (non-hydrogen) atoms. The number of para-hydroxylation sites is 1. The Labute approximate surface area is 106 Å². The smallest absolute Gasteiger partial charge is 0.139 e. The highest BCUT2D eigenvalue weighted by molar-refractivity contribution is 5.55. The first-order chi connectivity index (χ1) is 8.72. The summed E-state index contributed by atoms with van der Waals surface area (Å²) in [5.41, 5.74) is 2.26. The van der Waals surface area contributed by atoms with E-state index in [1.165, 1.54) is 0 Å². The number of aliphatic hydroxyl groups is 1. The molecular weight excluding hydrogens is 228 g/mol. The average molecular weight is 242 g/mol. The van der Waals surface area contributed by atoms with Gasteiger partial charge in [0.1, 0.15) is 23.7 Å². The molecule has 0 bridgehead atoms. The van der Waals surface area contributed by atoms with Gasteiger partial charge in [0.25, 0.3) is 0 Å². The van der Waals surface area contributed by atoms with Crippen molar-refractivity contribution in [3.63, 3.8) is 0 Å². The van der Waals surface area contributed by atoms with Gasteiger partial charge in [-0.1, -0.05) is 36.9 Å². The minimum Gasteiger partial charge on any atom is -0.456 e. The van der Waals surface area contributed by atoms with Crippen LogP contribution in [0.15, 0.2) is 59.9 Å². The van der Waals surface area contributed by atoms with Crippen LogP contribution in [0.4, 0.5) is 0 Å². The van der Waals surface area contributed by atoms with Crippen molar-refractivity contribution in [1.82, 2.24) is 0 Å². The van der Waals surface area contributed by atoms with Crippen molar-refractivity contribution in [2.45, 2.75) is 12.2 Å². The summed E-state index contributed by atoms with van der Waals surface area (Å²) in [5, 5.41) is 10.4. The second-order valence-electron chi connectivity index (χ2n) is 4.37. The molecule has 0 aromatic heterocycles. The van der Waals surface area contributed by atoms with Crippen molar-refractivity contribution in [1.29, 1.82) is 0 Å². The van der Waals surface area contributed by atoms with Gasteiger partial charge in [0.05, 0.1) is 0 Å². The Morgan fingerprint density at radius 1 is 1.33 bits per heavy atom. The van der Waals surface area contributed by atoms with Crippen molar-refractivity contribution in [3.8, 4) is 5.75 Å². The van der Waals surface area contributed by atoms with Crippen LogP contribution in [0.3, 0.4) is 0 Å². The van der Waals surface area contributed by atoms with E-state index in [1.54, 1.807) is 7.11 Å². The van der Waals surface area contributed by atoms with Gasteiger partial charge < -0.3 is 14.6 Å². The average Bonchev–Trinajstić information content (AvgIpc) is 2.40. The van der Waals surface area contributed by atoms with Gasteiger partial charge in [0.15, 0.2) is 0 Å². The molecule has 92 valence electrons. The molecule has 0 amide bonds. The quantitative estimate of drug-likeness (QED) is 0.822. The lowest BCUT2D eigenvalue weighted by Gasteiger charge is -2.31. The zero-order valence-electron chi connectivity index (χ0n) is 10.1. The first-order valence-electron chi connectivity index (χ1n) is 5.81. The molecule has 2 unspecified atom stereocenters. The molecule has 3 heteroatoms. The molecule has 1 aliphatic heterocycles. The van der Waals surface area contributed by atoms with E-state index < -0.39 is 6.10 Å². The number of rotatable bonds is 1. The van der Waals surface area contributed by atoms with E-state index in [1.807, 2.05) is 36.4 Å². The Balaban J connectivity index is 2.08. The van der Waals surface area contributed by atoms with E-state index in [0.29, 0.717) is 11.5 Å². The SMILES string of the molecule is C=C1C2=C(C=CC1OC)C(O)c1ccccc1O2. The highest BCUT2D eigenvalue weighted by atomic mass is 16.5. The van der Waals surface area contributed by atoms with Gasteiger partial charge in [-0.3, -0.25) is 0 Å². The Hall–Kier alpha value is -1.84. The van der Waals surface area contributed by atoms with E-state index in [2.05, 4.69) is 6.58 Å². The Kier molecular flexibility index (Phi) is 2.58. The molecule has 0 fully saturated rings. The van der Waals surface area contributed by atoms with Crippen LogP contribution in [0.25, 0.3) is 0 Å². The van der Waals surface area contributed by atoms with Crippen LogP contribution < -0.4 is 4.74 Å². The normalized spacial score (nSPS) is 25.6. The monoisotopic (exact) mass is 242 g/mol. The largest absolute Gasteiger partial charge is 0.456 e. The Morgan fingerprint density at radius 2 is 2.11 bits per heavy atom. The molecule has 1 aromatic carbocycles. The number of methoxy groups -OCH3 is 1. The zero-order chi connectivity index (χ0) is 12.7. The summed E-state index contributed by atoms with van der Waals surface area (Å²) >= 11 is 0. The number of ether oxygens (including phenoxy) is 2. The second kappa shape index (κ2) is 4.12. The molecule has 1 heterocycles. The van der Waals surface area contributed by atoms with Crippen LogP contribution in [-0.4, -0.2) is 18.3 Å². The maximum atomic E-state index is 10.4. The fraction of sp³-hybridized carbons (Fsp3) is 0.200. The van der Waals surface area contributed by atoms with E-state index in [-0.39, 0.29) is 6.10 Å². The topological polar surface area (TPSA) is 38.7 Å². The molecule has 2 aliphatic rings. The number of hydrogen-bond donors (Lipinski definition) is 1. The lowest BCUT2D eigenvalue weighted by atomic mass is 9.89. The van der Waals surface area contributed by atoms with E-state index in [0.717, 1.165) is 16.7 Å². The fourth-order valence-corrected chi connectivity index (χ4v) is 2.33. The molecule has 0 saturated heterocycles. The minimum atomic E-state index is -0.671. The van der Waals surface area contributed by atoms with Gasteiger partial charge in [-0.25, -0.2) is 0 Å². The van der Waals surface area contributed by atoms with Crippen LogP contribution in [0.2, 0.25) is 0 Å². The summed E-state index contributed by atoms with van der Waals surface area (Å²) in [5.74, 6) is 1.30. The molecule has 0 radical (unpaired) electrons. The summed E-state index contributed by atoms with van der Waals surface area (Å²) in [4.78, 5) is 0. The van der Waals surface area contributed by atoms with Gasteiger partial charge >= 0.3 is 0 Å². The second-order valence-corrected chi connectivity index (χ2v) is 4.37. The maximum absolute atomic E-state index is 10.4. The molecule has 3 nitrogen and oxygen atoms in total. The predicted octanol–water partition coefficient (Wildman–Crippen LogP) is 2.51. The summed E-state index contributed by atoms with van der Waals surface area (Å²) < 4.78 is 11.1.